The first-order valence-electron chi connectivity index (χ1n) is 5.82. The minimum Gasteiger partial charge on any atom is -0.317 e. The normalized spacial score (nSPS) is 16.5. The number of rotatable bonds is 6. The molecule has 0 saturated heterocycles. The van der Waals surface area contributed by atoms with Gasteiger partial charge >= 0.3 is 0 Å². The zero-order chi connectivity index (χ0) is 12.8. The minimum atomic E-state index is -0.873. The van der Waals surface area contributed by atoms with Crippen molar-refractivity contribution in [3.05, 3.63) is 34.9 Å². The summed E-state index contributed by atoms with van der Waals surface area (Å²) in [7, 11) is 1.05. The molecule has 0 aliphatic carbocycles. The first kappa shape index (κ1) is 14.7. The molecule has 1 N–H and O–H groups in total. The van der Waals surface area contributed by atoms with Gasteiger partial charge in [0.2, 0.25) is 0 Å². The Morgan fingerprint density at radius 1 is 1.35 bits per heavy atom. The Morgan fingerprint density at radius 3 is 2.59 bits per heavy atom. The van der Waals surface area contributed by atoms with E-state index in [1.165, 1.54) is 0 Å². The summed E-state index contributed by atoms with van der Waals surface area (Å²) in [6.45, 7) is 4.13. The highest BCUT2D eigenvalue weighted by atomic mass is 35.5. The van der Waals surface area contributed by atoms with Crippen LogP contribution in [-0.2, 0) is 16.6 Å². The van der Waals surface area contributed by atoms with Gasteiger partial charge in [0, 0.05) is 27.1 Å². The van der Waals surface area contributed by atoms with Crippen molar-refractivity contribution < 1.29 is 4.21 Å². The Bertz CT molecular complexity index is 383. The summed E-state index contributed by atoms with van der Waals surface area (Å²) in [5.74, 6) is 0.539. The summed E-state index contributed by atoms with van der Waals surface area (Å²) in [6, 6.07) is 7.99. The van der Waals surface area contributed by atoms with Gasteiger partial charge in [-0.2, -0.15) is 0 Å². The van der Waals surface area contributed by atoms with E-state index in [-0.39, 0.29) is 5.25 Å². The molecule has 0 heterocycles. The van der Waals surface area contributed by atoms with E-state index in [2.05, 4.69) is 12.2 Å². The summed E-state index contributed by atoms with van der Waals surface area (Å²) < 4.78 is 12.1. The number of hydrogen-bond donors (Lipinski definition) is 1. The van der Waals surface area contributed by atoms with Crippen molar-refractivity contribution in [2.45, 2.75) is 37.3 Å². The molecule has 2 nitrogen and oxygen atoms in total. The Kier molecular flexibility index (Phi) is 6.17. The second-order valence-corrected chi connectivity index (χ2v) is 6.61. The van der Waals surface area contributed by atoms with Crippen molar-refractivity contribution in [3.8, 4) is 0 Å². The summed E-state index contributed by atoms with van der Waals surface area (Å²) in [5.41, 5.74) is 0.969. The van der Waals surface area contributed by atoms with Crippen LogP contribution in [0.2, 0.25) is 5.02 Å². The fraction of sp³-hybridized carbons (Fsp3) is 0.538. The lowest BCUT2D eigenvalue weighted by Gasteiger charge is -2.16. The summed E-state index contributed by atoms with van der Waals surface area (Å²) in [6.07, 6.45) is 0.910. The van der Waals surface area contributed by atoms with Crippen LogP contribution >= 0.6 is 11.6 Å². The SMILES string of the molecule is CNC(C)CC(C)S(=O)Cc1ccccc1Cl. The smallest absolute Gasteiger partial charge is 0.0503 e. The van der Waals surface area contributed by atoms with Crippen LogP contribution in [0.25, 0.3) is 0 Å². The fourth-order valence-corrected chi connectivity index (χ4v) is 3.26. The average Bonchev–Trinajstić information content (AvgIpc) is 2.31. The van der Waals surface area contributed by atoms with Crippen molar-refractivity contribution in [3.63, 3.8) is 0 Å². The molecule has 0 amide bonds. The van der Waals surface area contributed by atoms with Crippen molar-refractivity contribution in [1.29, 1.82) is 0 Å². The second kappa shape index (κ2) is 7.14. The maximum absolute atomic E-state index is 12.1. The van der Waals surface area contributed by atoms with Crippen LogP contribution in [-0.4, -0.2) is 22.5 Å². The van der Waals surface area contributed by atoms with Crippen LogP contribution in [0.4, 0.5) is 0 Å². The van der Waals surface area contributed by atoms with Crippen molar-refractivity contribution in [2.24, 2.45) is 0 Å². The van der Waals surface area contributed by atoms with Crippen LogP contribution in [0.5, 0.6) is 0 Å². The maximum Gasteiger partial charge on any atom is 0.0503 e. The molecule has 0 bridgehead atoms. The molecule has 96 valence electrons. The molecular weight excluding hydrogens is 254 g/mol. The third-order valence-electron chi connectivity index (χ3n) is 2.88. The Balaban J connectivity index is 2.57. The first-order chi connectivity index (χ1) is 8.04. The topological polar surface area (TPSA) is 29.1 Å². The van der Waals surface area contributed by atoms with Gasteiger partial charge in [0.25, 0.3) is 0 Å². The molecule has 0 aromatic heterocycles. The molecule has 1 aromatic carbocycles. The van der Waals surface area contributed by atoms with Crippen molar-refractivity contribution >= 4 is 22.4 Å². The molecule has 0 aliphatic rings. The highest BCUT2D eigenvalue weighted by Gasteiger charge is 2.15. The molecular formula is C13H20ClNOS. The van der Waals surface area contributed by atoms with Gasteiger partial charge < -0.3 is 5.32 Å². The van der Waals surface area contributed by atoms with Crippen LogP contribution in [0.3, 0.4) is 0 Å². The zero-order valence-electron chi connectivity index (χ0n) is 10.6. The quantitative estimate of drug-likeness (QED) is 0.863. The Morgan fingerprint density at radius 2 is 2.00 bits per heavy atom. The molecule has 17 heavy (non-hydrogen) atoms. The van der Waals surface area contributed by atoms with E-state index in [9.17, 15) is 4.21 Å². The van der Waals surface area contributed by atoms with Crippen LogP contribution < -0.4 is 5.32 Å². The largest absolute Gasteiger partial charge is 0.317 e. The van der Waals surface area contributed by atoms with Gasteiger partial charge in [0.15, 0.2) is 0 Å². The Hall–Kier alpha value is -0.380. The summed E-state index contributed by atoms with van der Waals surface area (Å²) in [5, 5.41) is 4.04. The van der Waals surface area contributed by atoms with E-state index in [1.807, 2.05) is 38.2 Å². The lowest BCUT2D eigenvalue weighted by Crippen LogP contribution is -2.27. The molecule has 3 unspecified atom stereocenters. The lowest BCUT2D eigenvalue weighted by molar-refractivity contribution is 0.554. The molecule has 3 atom stereocenters. The van der Waals surface area contributed by atoms with E-state index < -0.39 is 10.8 Å². The van der Waals surface area contributed by atoms with Gasteiger partial charge in [-0.3, -0.25) is 4.21 Å². The highest BCUT2D eigenvalue weighted by Crippen LogP contribution is 2.19. The molecule has 0 spiro atoms. The number of nitrogens with one attached hydrogen (secondary N) is 1. The van der Waals surface area contributed by atoms with Crippen LogP contribution in [0.1, 0.15) is 25.8 Å². The van der Waals surface area contributed by atoms with Crippen LogP contribution in [0.15, 0.2) is 24.3 Å². The standard InChI is InChI=1S/C13H20ClNOS/c1-10(15-3)8-11(2)17(16)9-12-6-4-5-7-13(12)14/h4-7,10-11,15H,8-9H2,1-3H3. The average molecular weight is 274 g/mol. The minimum absolute atomic E-state index is 0.175. The van der Waals surface area contributed by atoms with E-state index in [4.69, 9.17) is 11.6 Å². The molecule has 1 aromatic rings. The number of benzene rings is 1. The van der Waals surface area contributed by atoms with Gasteiger partial charge in [-0.25, -0.2) is 0 Å². The van der Waals surface area contributed by atoms with Crippen molar-refractivity contribution in [1.82, 2.24) is 5.32 Å². The monoisotopic (exact) mass is 273 g/mol. The van der Waals surface area contributed by atoms with Gasteiger partial charge in [0.1, 0.15) is 0 Å². The fourth-order valence-electron chi connectivity index (χ4n) is 1.63. The molecule has 4 heteroatoms. The van der Waals surface area contributed by atoms with E-state index in [0.717, 1.165) is 12.0 Å². The molecule has 0 radical (unpaired) electrons. The van der Waals surface area contributed by atoms with Gasteiger partial charge in [-0.1, -0.05) is 36.7 Å². The predicted molar refractivity (Wildman–Crippen MR) is 75.9 cm³/mol. The van der Waals surface area contributed by atoms with E-state index >= 15 is 0 Å². The summed E-state index contributed by atoms with van der Waals surface area (Å²) in [4.78, 5) is 0. The van der Waals surface area contributed by atoms with Crippen LogP contribution in [0, 0.1) is 0 Å². The molecule has 0 saturated carbocycles. The summed E-state index contributed by atoms with van der Waals surface area (Å²) >= 11 is 6.06. The maximum atomic E-state index is 12.1. The third kappa shape index (κ3) is 4.78. The second-order valence-electron chi connectivity index (χ2n) is 4.35. The van der Waals surface area contributed by atoms with Gasteiger partial charge in [-0.15, -0.1) is 0 Å². The van der Waals surface area contributed by atoms with E-state index in [1.54, 1.807) is 0 Å². The molecule has 1 rings (SSSR count). The number of hydrogen-bond acceptors (Lipinski definition) is 2. The highest BCUT2D eigenvalue weighted by molar-refractivity contribution is 7.84. The number of halogens is 1. The predicted octanol–water partition coefficient (Wildman–Crippen LogP) is 2.98. The first-order valence-corrected chi connectivity index (χ1v) is 7.58. The lowest BCUT2D eigenvalue weighted by atomic mass is 10.2. The zero-order valence-corrected chi connectivity index (χ0v) is 12.1. The molecule has 0 aliphatic heterocycles. The van der Waals surface area contributed by atoms with Gasteiger partial charge in [-0.05, 0) is 32.0 Å². The molecule has 0 fully saturated rings. The van der Waals surface area contributed by atoms with Gasteiger partial charge in [0.05, 0.1) is 5.75 Å². The Labute approximate surface area is 111 Å². The van der Waals surface area contributed by atoms with Crippen molar-refractivity contribution in [2.75, 3.05) is 7.05 Å². The van der Waals surface area contributed by atoms with E-state index in [0.29, 0.717) is 16.8 Å². The third-order valence-corrected chi connectivity index (χ3v) is 4.94.